The fourth-order valence-corrected chi connectivity index (χ4v) is 11.8. The monoisotopic (exact) mass is 1830 g/mol. The first-order chi connectivity index (χ1) is 43.9. The Kier molecular flexibility index (Phi) is 32.4. The molecule has 0 bridgehead atoms. The lowest BCUT2D eigenvalue weighted by Gasteiger charge is -2.38. The van der Waals surface area contributed by atoms with Crippen molar-refractivity contribution in [1.29, 1.82) is 0 Å². The maximum Gasteiger partial charge on any atom is 0.438 e. The molecule has 1 aliphatic carbocycles. The van der Waals surface area contributed by atoms with Crippen molar-refractivity contribution in [2.45, 2.75) is 138 Å². The molecule has 0 radical (unpaired) electrons. The van der Waals surface area contributed by atoms with E-state index in [4.69, 9.17) is 14.2 Å². The van der Waals surface area contributed by atoms with E-state index in [0.717, 1.165) is 16.3 Å². The lowest BCUT2D eigenvalue weighted by molar-refractivity contribution is -0.362. The minimum atomic E-state index is -6.44. The Morgan fingerprint density at radius 3 is 1.07 bits per heavy atom. The second kappa shape index (κ2) is 35.6. The van der Waals surface area contributed by atoms with Gasteiger partial charge in [-0.3, -0.25) is 28.8 Å². The highest BCUT2D eigenvalue weighted by molar-refractivity contribution is 14.1. The van der Waals surface area contributed by atoms with E-state index in [0.29, 0.717) is 17.5 Å². The van der Waals surface area contributed by atoms with Crippen LogP contribution in [0.15, 0.2) is 72.8 Å². The molecule has 97 heavy (non-hydrogen) atoms. The summed E-state index contributed by atoms with van der Waals surface area (Å²) in [6.45, 7) is -0.230. The molecule has 3 aromatic carbocycles. The molecule has 0 saturated heterocycles. The van der Waals surface area contributed by atoms with E-state index in [-0.39, 0.29) is 45.5 Å². The van der Waals surface area contributed by atoms with Crippen LogP contribution >= 0.6 is 67.8 Å². The van der Waals surface area contributed by atoms with Gasteiger partial charge in [0.05, 0.1) is 66.1 Å². The Balaban J connectivity index is 0.000000496. The van der Waals surface area contributed by atoms with Crippen LogP contribution in [-0.4, -0.2) is 152 Å². The third-order valence-electron chi connectivity index (χ3n) is 12.9. The van der Waals surface area contributed by atoms with Crippen molar-refractivity contribution in [3.05, 3.63) is 100 Å². The molecule has 0 aliphatic heterocycles. The summed E-state index contributed by atoms with van der Waals surface area (Å²) in [4.78, 5) is 70.8. The van der Waals surface area contributed by atoms with Crippen molar-refractivity contribution in [1.82, 2.24) is 0 Å². The van der Waals surface area contributed by atoms with Crippen LogP contribution in [0.4, 0.5) is 79.0 Å². The lowest BCUT2D eigenvalue weighted by Crippen LogP contribution is -2.64. The number of halogens is 21. The molecule has 3 aromatic rings. The van der Waals surface area contributed by atoms with Gasteiger partial charge in [-0.2, -0.15) is 79.0 Å². The van der Waals surface area contributed by atoms with Crippen molar-refractivity contribution < 1.29 is 175 Å². The molecule has 1 fully saturated rings. The number of rotatable bonds is 26. The molecule has 0 unspecified atom stereocenters. The van der Waals surface area contributed by atoms with Crippen LogP contribution in [0.3, 0.4) is 0 Å². The van der Waals surface area contributed by atoms with Gasteiger partial charge in [-0.25, -0.2) is 25.3 Å². The fourth-order valence-electron chi connectivity index (χ4n) is 7.93. The van der Waals surface area contributed by atoms with Crippen LogP contribution < -0.4 is 0 Å². The zero-order valence-electron chi connectivity index (χ0n) is 48.3. The average molecular weight is 1830 g/mol. The average Bonchev–Trinajstić information content (AvgIpc) is 0.763. The topological polar surface area (TPSA) is 329 Å². The zero-order valence-corrected chi connectivity index (χ0v) is 57.3. The summed E-state index contributed by atoms with van der Waals surface area (Å²) >= 11 is 6.16. The summed E-state index contributed by atoms with van der Waals surface area (Å²) in [5.41, 5.74) is -14.3. The summed E-state index contributed by atoms with van der Waals surface area (Å²) in [6.07, 6.45) is -43.3. The quantitative estimate of drug-likeness (QED) is 0.0237. The Hall–Kier alpha value is -4.86. The van der Waals surface area contributed by atoms with Gasteiger partial charge in [-0.15, -0.1) is 0 Å². The summed E-state index contributed by atoms with van der Waals surface area (Å²) in [7, 11) is -18.3. The number of hydrogen-bond donors (Lipinski definition) is 0. The Morgan fingerprint density at radius 1 is 0.402 bits per heavy atom. The lowest BCUT2D eigenvalue weighted by atomic mass is 9.82. The van der Waals surface area contributed by atoms with Crippen LogP contribution in [0.25, 0.3) is 0 Å². The van der Waals surface area contributed by atoms with Gasteiger partial charge in [0.2, 0.25) is 0 Å². The molecule has 0 amide bonds. The van der Waals surface area contributed by atoms with Crippen LogP contribution in [0, 0.1) is 22.5 Å². The molecule has 1 aliphatic rings. The van der Waals surface area contributed by atoms with E-state index < -0.39 is 188 Å². The molecule has 45 heteroatoms. The molecule has 0 heterocycles. The number of esters is 6. The molecule has 4 rings (SSSR count). The third-order valence-corrected chi connectivity index (χ3v) is 17.6. The number of benzene rings is 3. The van der Waals surface area contributed by atoms with Gasteiger partial charge in [0, 0.05) is 48.4 Å². The number of hydrogen-bond acceptors (Lipinski definition) is 21. The Labute approximate surface area is 578 Å². The minimum Gasteiger partial charge on any atom is -0.748 e. The molecular formula is C52H48F18I3O21S3-3. The number of ether oxygens (including phenoxy) is 6. The van der Waals surface area contributed by atoms with E-state index in [1.54, 1.807) is 60.7 Å². The molecule has 0 spiro atoms. The van der Waals surface area contributed by atoms with Crippen LogP contribution in [-0.2, 0) is 107 Å². The predicted molar refractivity (Wildman–Crippen MR) is 311 cm³/mol. The SMILES string of the molecule is O=C(CCCC(=O)OC(CS(=O)(=O)[O-])(C(F)(F)F)C(F)(F)F)OCCc1ccc(I)cc1.O=C(CCCC(=O)OC(CS(=O)(=O)[O-])(C(F)(F)F)C(F)(F)F)OCc1ccccc1I.O=C(OCc1ccc(I)cc1)C1CCC(C(=O)OC(CS(=O)(=O)[O-])(C(F)(F)F)C(F)(F)F)CC1. The summed E-state index contributed by atoms with van der Waals surface area (Å²) in [5, 5.41) is 0. The van der Waals surface area contributed by atoms with E-state index in [1.807, 2.05) is 34.7 Å². The molecule has 1 saturated carbocycles. The first kappa shape index (κ1) is 88.2. The third kappa shape index (κ3) is 28.6. The van der Waals surface area contributed by atoms with E-state index in [1.165, 1.54) is 0 Å². The normalized spacial score (nSPS) is 15.5. The van der Waals surface area contributed by atoms with Gasteiger partial charge >= 0.3 is 89.7 Å². The summed E-state index contributed by atoms with van der Waals surface area (Å²) in [6, 6.07) is 21.1. The first-order valence-electron chi connectivity index (χ1n) is 26.5. The molecule has 0 atom stereocenters. The van der Waals surface area contributed by atoms with Crippen molar-refractivity contribution >= 4 is 134 Å². The Morgan fingerprint density at radius 2 is 0.722 bits per heavy atom. The maximum atomic E-state index is 13.3. The van der Waals surface area contributed by atoms with Crippen LogP contribution in [0.1, 0.15) is 80.9 Å². The van der Waals surface area contributed by atoms with Crippen molar-refractivity contribution in [3.63, 3.8) is 0 Å². The van der Waals surface area contributed by atoms with Gasteiger partial charge in [0.25, 0.3) is 0 Å². The number of alkyl halides is 18. The summed E-state index contributed by atoms with van der Waals surface area (Å²) < 4.78 is 361. The van der Waals surface area contributed by atoms with Gasteiger partial charge < -0.3 is 42.1 Å². The van der Waals surface area contributed by atoms with Crippen molar-refractivity contribution in [2.75, 3.05) is 23.9 Å². The number of carbonyl (C=O) groups excluding carboxylic acids is 6. The first-order valence-corrected chi connectivity index (χ1v) is 34.4. The van der Waals surface area contributed by atoms with Gasteiger partial charge in [0.1, 0.15) is 13.2 Å². The predicted octanol–water partition coefficient (Wildman–Crippen LogP) is 11.0. The highest BCUT2D eigenvalue weighted by Crippen LogP contribution is 2.50. The smallest absolute Gasteiger partial charge is 0.438 e. The standard InChI is InChI=1S/C19H19F6IO7S.C17H17F6IO7S.C16H15F6IO7S/c20-18(21,22)17(19(23,24)25,10-34(29,30)31)33-16(28)13-5-3-12(4-6-13)15(27)32-9-11-1-7-14(26)8-2-11;18-16(19,20)15(17(21,22)23,10-32(27,28)29)31-14(26)3-1-2-13(25)30-9-8-11-4-6-12(24)7-5-11;17-15(18,19)14(16(20,21)22,9-31(26,27)28)30-13(25)7-3-6-12(24)29-8-10-4-1-2-5-11(10)23/h1-2,7-8,12-13H,3-6,9-10H2,(H,29,30,31);4-7H,1-3,8-10H2,(H,27,28,29);1-2,4-5H,3,6-9H2,(H,26,27,28)/p-3. The second-order valence-corrected chi connectivity index (χ2v) is 28.1. The highest BCUT2D eigenvalue weighted by Gasteiger charge is 2.77. The van der Waals surface area contributed by atoms with Gasteiger partial charge in [0.15, 0.2) is 0 Å². The Bertz CT molecular complexity index is 3460. The van der Waals surface area contributed by atoms with Crippen LogP contribution in [0.2, 0.25) is 0 Å². The van der Waals surface area contributed by atoms with E-state index in [2.05, 4.69) is 59.4 Å². The fraction of sp³-hybridized carbons (Fsp3) is 0.538. The largest absolute Gasteiger partial charge is 0.748 e. The maximum absolute atomic E-state index is 13.3. The molecular weight excluding hydrogens is 1780 g/mol. The molecule has 550 valence electrons. The molecule has 21 nitrogen and oxygen atoms in total. The highest BCUT2D eigenvalue weighted by atomic mass is 127. The molecule has 0 N–H and O–H groups in total. The van der Waals surface area contributed by atoms with Gasteiger partial charge in [-0.1, -0.05) is 42.5 Å². The minimum absolute atomic E-state index is 0.0406. The van der Waals surface area contributed by atoms with Crippen molar-refractivity contribution in [2.24, 2.45) is 11.8 Å². The summed E-state index contributed by atoms with van der Waals surface area (Å²) in [5.74, 6) is -19.9. The van der Waals surface area contributed by atoms with E-state index in [9.17, 15) is 147 Å². The second-order valence-electron chi connectivity index (χ2n) is 20.3. The number of carbonyl (C=O) groups is 6. The van der Waals surface area contributed by atoms with E-state index >= 15 is 0 Å². The van der Waals surface area contributed by atoms with Crippen LogP contribution in [0.5, 0.6) is 0 Å². The van der Waals surface area contributed by atoms with Crippen molar-refractivity contribution in [3.8, 4) is 0 Å². The zero-order chi connectivity index (χ0) is 74.8. The van der Waals surface area contributed by atoms with Gasteiger partial charge in [-0.05, 0) is 148 Å². The molecule has 0 aromatic heterocycles.